The molecule has 0 amide bonds. The Hall–Kier alpha value is -1.33. The summed E-state index contributed by atoms with van der Waals surface area (Å²) < 4.78 is 103. The lowest BCUT2D eigenvalue weighted by molar-refractivity contribution is -0.0588. The molecule has 1 aromatic carbocycles. The molecule has 0 saturated carbocycles. The molecule has 380 valence electrons. The van der Waals surface area contributed by atoms with Crippen molar-refractivity contribution in [3.8, 4) is 0 Å². The lowest BCUT2D eigenvalue weighted by Crippen LogP contribution is -2.49. The fraction of sp³-hybridized carbons (Fsp3) is 0.796. The van der Waals surface area contributed by atoms with Crippen LogP contribution in [0.2, 0.25) is 36.3 Å². The Morgan fingerprint density at radius 2 is 1.48 bits per heavy atom. The molecule has 0 spiro atoms. The van der Waals surface area contributed by atoms with Gasteiger partial charge in [-0.15, -0.1) is 0 Å². The van der Waals surface area contributed by atoms with Crippen molar-refractivity contribution in [3.05, 3.63) is 54.1 Å². The zero-order valence-electron chi connectivity index (χ0n) is 42.7. The first-order valence-corrected chi connectivity index (χ1v) is 33.2. The van der Waals surface area contributed by atoms with Crippen LogP contribution in [0.1, 0.15) is 105 Å². The van der Waals surface area contributed by atoms with Crippen molar-refractivity contribution >= 4 is 36.6 Å². The second-order valence-electron chi connectivity index (χ2n) is 22.3. The van der Waals surface area contributed by atoms with Crippen molar-refractivity contribution < 1.29 is 58.7 Å². The number of aliphatic hydroxyl groups excluding tert-OH is 1. The predicted molar refractivity (Wildman–Crippen MR) is 266 cm³/mol. The standard InChI is InChI=1S/C49H86O13S2Si2/c1-33-17-21-40(22-18-33)64(53,54)32-41-44(60-45(47(41)55-11)29-39(62-66(15,16)49(8,9)10)31-58-65(13,14)48(5,6)7)30-42(50)36(4)34(2)27-38(61-63(12,51)52)19-23-43-35(3)28-37(59-43)20-24-46-56-25-26-57-46/h17-18,21-22,34,37-39,41-47,50H,3-4,19-20,23-32H2,1-2,5-16H3/t34-,37-,38+,39?,41-,42-,43?,44-,45+,47-/m0/s1. The molecule has 66 heavy (non-hydrogen) atoms. The summed E-state index contributed by atoms with van der Waals surface area (Å²) in [4.78, 5) is 0.206. The summed E-state index contributed by atoms with van der Waals surface area (Å²) in [6.07, 6.45) is 0.255. The summed E-state index contributed by atoms with van der Waals surface area (Å²) >= 11 is 0. The van der Waals surface area contributed by atoms with Crippen LogP contribution in [0, 0.1) is 18.8 Å². The van der Waals surface area contributed by atoms with Crippen molar-refractivity contribution in [1.82, 2.24) is 0 Å². The zero-order chi connectivity index (χ0) is 49.6. The third-order valence-corrected chi connectivity index (χ3v) is 26.3. The Labute approximate surface area is 401 Å². The van der Waals surface area contributed by atoms with Crippen LogP contribution in [0.3, 0.4) is 0 Å². The minimum Gasteiger partial charge on any atom is -0.414 e. The molecule has 0 aliphatic carbocycles. The predicted octanol–water partition coefficient (Wildman–Crippen LogP) is 9.29. The van der Waals surface area contributed by atoms with Crippen LogP contribution in [0.4, 0.5) is 0 Å². The maximum atomic E-state index is 14.2. The van der Waals surface area contributed by atoms with Crippen LogP contribution >= 0.6 is 0 Å². The highest BCUT2D eigenvalue weighted by molar-refractivity contribution is 7.91. The molecule has 13 nitrogen and oxygen atoms in total. The Balaban J connectivity index is 1.54. The molecule has 0 aromatic heterocycles. The van der Waals surface area contributed by atoms with E-state index in [2.05, 4.69) is 80.9 Å². The lowest BCUT2D eigenvalue weighted by atomic mass is 9.86. The molecule has 3 fully saturated rings. The van der Waals surface area contributed by atoms with Gasteiger partial charge < -0.3 is 37.6 Å². The molecule has 10 atom stereocenters. The van der Waals surface area contributed by atoms with E-state index in [0.29, 0.717) is 51.1 Å². The van der Waals surface area contributed by atoms with Crippen molar-refractivity contribution in [2.45, 2.75) is 203 Å². The quantitative estimate of drug-likeness (QED) is 0.0561. The van der Waals surface area contributed by atoms with E-state index in [9.17, 15) is 21.9 Å². The Kier molecular flexibility index (Phi) is 20.2. The molecule has 1 aromatic rings. The average molecular weight is 1000 g/mol. The van der Waals surface area contributed by atoms with Gasteiger partial charge in [0, 0.05) is 32.3 Å². The van der Waals surface area contributed by atoms with Gasteiger partial charge in [0.25, 0.3) is 10.1 Å². The third kappa shape index (κ3) is 16.4. The molecule has 3 aliphatic heterocycles. The highest BCUT2D eigenvalue weighted by Crippen LogP contribution is 2.43. The molecule has 0 radical (unpaired) electrons. The van der Waals surface area contributed by atoms with Crippen LogP contribution in [0.25, 0.3) is 0 Å². The second kappa shape index (κ2) is 23.3. The minimum absolute atomic E-state index is 0.0181. The fourth-order valence-corrected chi connectivity index (χ4v) is 13.3. The number of methoxy groups -OCH3 is 1. The number of ether oxygens (including phenoxy) is 5. The van der Waals surface area contributed by atoms with Gasteiger partial charge in [0.1, 0.15) is 0 Å². The van der Waals surface area contributed by atoms with Crippen LogP contribution in [-0.4, -0.2) is 133 Å². The second-order valence-corrected chi connectivity index (χ2v) is 35.5. The van der Waals surface area contributed by atoms with Gasteiger partial charge in [-0.2, -0.15) is 8.42 Å². The minimum atomic E-state index is -3.83. The van der Waals surface area contributed by atoms with E-state index in [0.717, 1.165) is 30.2 Å². The molecule has 3 saturated heterocycles. The average Bonchev–Trinajstić information content (AvgIpc) is 3.92. The summed E-state index contributed by atoms with van der Waals surface area (Å²) in [6.45, 7) is 36.0. The van der Waals surface area contributed by atoms with Crippen molar-refractivity contribution in [2.75, 3.05) is 38.9 Å². The Bertz CT molecular complexity index is 1950. The van der Waals surface area contributed by atoms with Gasteiger partial charge in [0.2, 0.25) is 0 Å². The number of sulfone groups is 1. The Morgan fingerprint density at radius 1 is 0.879 bits per heavy atom. The van der Waals surface area contributed by atoms with Gasteiger partial charge in [-0.3, -0.25) is 4.18 Å². The van der Waals surface area contributed by atoms with Gasteiger partial charge in [-0.25, -0.2) is 8.42 Å². The maximum Gasteiger partial charge on any atom is 0.264 e. The van der Waals surface area contributed by atoms with E-state index in [1.165, 1.54) is 0 Å². The number of aryl methyl sites for hydroxylation is 1. The summed E-state index contributed by atoms with van der Waals surface area (Å²) in [6, 6.07) is 6.81. The SMILES string of the molecule is C=C1C[C@H](CCC2OCCO2)OC1CC[C@H](C[C@H](C)C(=C)[C@@H](O)C[C@@H]1O[C@H](CC(CO[Si](C)(C)C(C)(C)C)O[Si](C)(C)C(C)(C)C)[C@@H](OC)[C@H]1CS(=O)(=O)c1ccc(C)cc1)OS(C)(=O)=O. The number of aliphatic hydroxyl groups is 1. The van der Waals surface area contributed by atoms with E-state index in [1.807, 2.05) is 13.8 Å². The molecule has 4 rings (SSSR count). The Morgan fingerprint density at radius 3 is 2.05 bits per heavy atom. The van der Waals surface area contributed by atoms with E-state index < -0.39 is 73.0 Å². The number of rotatable bonds is 25. The molecule has 0 bridgehead atoms. The summed E-state index contributed by atoms with van der Waals surface area (Å²) in [5, 5.41) is 11.9. The van der Waals surface area contributed by atoms with E-state index in [4.69, 9.17) is 36.7 Å². The van der Waals surface area contributed by atoms with Crippen molar-refractivity contribution in [3.63, 3.8) is 0 Å². The topological polar surface area (TPSA) is 162 Å². The van der Waals surface area contributed by atoms with Crippen LogP contribution in [0.15, 0.2) is 53.5 Å². The number of benzene rings is 1. The van der Waals surface area contributed by atoms with Gasteiger partial charge >= 0.3 is 0 Å². The molecule has 2 unspecified atom stereocenters. The number of hydrogen-bond acceptors (Lipinski definition) is 13. The molecule has 3 aliphatic rings. The van der Waals surface area contributed by atoms with Crippen LogP contribution in [-0.2, 0) is 56.7 Å². The molecule has 3 heterocycles. The maximum absolute atomic E-state index is 14.2. The highest BCUT2D eigenvalue weighted by atomic mass is 32.2. The largest absolute Gasteiger partial charge is 0.414 e. The molecular weight excluding hydrogens is 917 g/mol. The van der Waals surface area contributed by atoms with Crippen LogP contribution < -0.4 is 0 Å². The molecular formula is C49H86O13S2Si2. The van der Waals surface area contributed by atoms with Gasteiger partial charge in [0.05, 0.1) is 85.6 Å². The first kappa shape index (κ1) is 57.3. The first-order valence-electron chi connectivity index (χ1n) is 23.9. The van der Waals surface area contributed by atoms with Crippen molar-refractivity contribution in [1.29, 1.82) is 0 Å². The fourth-order valence-electron chi connectivity index (χ4n) is 8.63. The monoisotopic (exact) mass is 1000 g/mol. The van der Waals surface area contributed by atoms with Gasteiger partial charge in [-0.1, -0.05) is 79.3 Å². The van der Waals surface area contributed by atoms with E-state index in [-0.39, 0.29) is 64.1 Å². The van der Waals surface area contributed by atoms with Crippen molar-refractivity contribution in [2.24, 2.45) is 11.8 Å². The summed E-state index contributed by atoms with van der Waals surface area (Å²) in [7, 11) is -10.6. The first-order chi connectivity index (χ1) is 30.3. The normalized spacial score (nSPS) is 25.9. The number of hydrogen-bond donors (Lipinski definition) is 1. The molecule has 17 heteroatoms. The highest BCUT2D eigenvalue weighted by Gasteiger charge is 2.50. The van der Waals surface area contributed by atoms with Gasteiger partial charge in [0.15, 0.2) is 32.8 Å². The third-order valence-electron chi connectivity index (χ3n) is 14.8. The smallest absolute Gasteiger partial charge is 0.264 e. The van der Waals surface area contributed by atoms with E-state index in [1.54, 1.807) is 31.4 Å². The van der Waals surface area contributed by atoms with Gasteiger partial charge in [-0.05, 0) is 104 Å². The van der Waals surface area contributed by atoms with E-state index >= 15 is 0 Å². The summed E-state index contributed by atoms with van der Waals surface area (Å²) in [5.41, 5.74) is 2.38. The summed E-state index contributed by atoms with van der Waals surface area (Å²) in [5.74, 6) is -1.29. The lowest BCUT2D eigenvalue weighted by Gasteiger charge is -2.42. The zero-order valence-corrected chi connectivity index (χ0v) is 46.4. The molecule has 1 N–H and O–H groups in total. The van der Waals surface area contributed by atoms with Crippen LogP contribution in [0.5, 0.6) is 0 Å².